The van der Waals surface area contributed by atoms with Gasteiger partial charge in [0, 0.05) is 5.56 Å². The molecule has 0 N–H and O–H groups in total. The fourth-order valence-electron chi connectivity index (χ4n) is 2.86. The van der Waals surface area contributed by atoms with Gasteiger partial charge in [-0.15, -0.1) is 4.40 Å². The second-order valence-corrected chi connectivity index (χ2v) is 8.04. The quantitative estimate of drug-likeness (QED) is 0.448. The summed E-state index contributed by atoms with van der Waals surface area (Å²) in [7, 11) is -3.87. The fraction of sp³-hybridized carbons (Fsp3) is 0.174. The summed E-state index contributed by atoms with van der Waals surface area (Å²) >= 11 is 0. The molecule has 0 radical (unpaired) electrons. The molecule has 0 amide bonds. The summed E-state index contributed by atoms with van der Waals surface area (Å²) < 4.78 is 35.3. The number of rotatable bonds is 6. The van der Waals surface area contributed by atoms with Crippen LogP contribution in [0.2, 0.25) is 0 Å². The van der Waals surface area contributed by atoms with Crippen molar-refractivity contribution in [3.8, 4) is 0 Å². The minimum atomic E-state index is -3.87. The monoisotopic (exact) mass is 393 g/mol. The first-order valence-electron chi connectivity index (χ1n) is 9.16. The van der Waals surface area contributed by atoms with Crippen LogP contribution in [0.25, 0.3) is 0 Å². The van der Waals surface area contributed by atoms with E-state index in [0.717, 1.165) is 16.7 Å². The maximum absolute atomic E-state index is 12.8. The van der Waals surface area contributed by atoms with Crippen LogP contribution in [0, 0.1) is 6.92 Å². The van der Waals surface area contributed by atoms with E-state index in [2.05, 4.69) is 4.40 Å². The molecule has 5 heteroatoms. The van der Waals surface area contributed by atoms with E-state index in [0.29, 0.717) is 18.6 Å². The lowest BCUT2D eigenvalue weighted by Crippen LogP contribution is -2.13. The Morgan fingerprint density at radius 2 is 1.54 bits per heavy atom. The Bertz CT molecular complexity index is 1060. The zero-order valence-corrected chi connectivity index (χ0v) is 16.8. The van der Waals surface area contributed by atoms with Gasteiger partial charge >= 0.3 is 0 Å². The van der Waals surface area contributed by atoms with Crippen LogP contribution in [0.15, 0.2) is 88.2 Å². The highest BCUT2D eigenvalue weighted by Gasteiger charge is 2.18. The number of sulfonamides is 1. The Morgan fingerprint density at radius 3 is 2.21 bits per heavy atom. The molecule has 0 aliphatic carbocycles. The molecule has 0 heterocycles. The van der Waals surface area contributed by atoms with E-state index in [4.69, 9.17) is 4.74 Å². The van der Waals surface area contributed by atoms with E-state index in [9.17, 15) is 8.42 Å². The van der Waals surface area contributed by atoms with Gasteiger partial charge in [-0.25, -0.2) is 0 Å². The normalized spacial score (nSPS) is 12.0. The van der Waals surface area contributed by atoms with Crippen LogP contribution in [-0.4, -0.2) is 20.9 Å². The van der Waals surface area contributed by atoms with Gasteiger partial charge in [-0.2, -0.15) is 8.42 Å². The number of benzene rings is 3. The van der Waals surface area contributed by atoms with E-state index in [1.165, 1.54) is 0 Å². The van der Waals surface area contributed by atoms with Gasteiger partial charge in [0.1, 0.15) is 0 Å². The van der Waals surface area contributed by atoms with Gasteiger partial charge in [0.25, 0.3) is 10.0 Å². The third-order valence-electron chi connectivity index (χ3n) is 4.29. The van der Waals surface area contributed by atoms with Crippen LogP contribution >= 0.6 is 0 Å². The highest BCUT2D eigenvalue weighted by molar-refractivity contribution is 7.90. The Labute approximate surface area is 166 Å². The highest BCUT2D eigenvalue weighted by Crippen LogP contribution is 2.19. The Hall–Kier alpha value is -2.92. The van der Waals surface area contributed by atoms with Crippen molar-refractivity contribution in [2.75, 3.05) is 6.61 Å². The molecule has 0 aliphatic rings. The molecule has 3 aromatic rings. The van der Waals surface area contributed by atoms with Crippen LogP contribution in [-0.2, 0) is 21.2 Å². The molecule has 3 rings (SSSR count). The standard InChI is InChI=1S/C23H23NO3S/c1-3-27-23(24-28(25,26)21-15-13-18(2)14-16-21)22-12-8-7-11-20(22)17-19-9-5-4-6-10-19/h4-16H,3,17H2,1-2H3/b24-23-. The molecule has 0 aliphatic heterocycles. The van der Waals surface area contributed by atoms with Crippen molar-refractivity contribution in [3.05, 3.63) is 101 Å². The average Bonchev–Trinajstić information content (AvgIpc) is 2.69. The Balaban J connectivity index is 2.03. The SMILES string of the molecule is CCO/C(=N\S(=O)(=O)c1ccc(C)cc1)c1ccccc1Cc1ccccc1. The van der Waals surface area contributed by atoms with Crippen molar-refractivity contribution in [1.29, 1.82) is 0 Å². The van der Waals surface area contributed by atoms with Gasteiger partial charge in [0.2, 0.25) is 5.90 Å². The lowest BCUT2D eigenvalue weighted by Gasteiger charge is -2.13. The minimum Gasteiger partial charge on any atom is -0.477 e. The second-order valence-electron chi connectivity index (χ2n) is 6.44. The summed E-state index contributed by atoms with van der Waals surface area (Å²) in [6, 6.07) is 24.3. The third-order valence-corrected chi connectivity index (χ3v) is 5.56. The molecule has 0 atom stereocenters. The second kappa shape index (κ2) is 8.85. The summed E-state index contributed by atoms with van der Waals surface area (Å²) in [6.45, 7) is 4.04. The maximum Gasteiger partial charge on any atom is 0.285 e. The molecule has 0 bridgehead atoms. The Kier molecular flexibility index (Phi) is 6.26. The first kappa shape index (κ1) is 19.8. The predicted molar refractivity (Wildman–Crippen MR) is 112 cm³/mol. The molecule has 4 nitrogen and oxygen atoms in total. The van der Waals surface area contributed by atoms with Gasteiger partial charge in [0.15, 0.2) is 0 Å². The van der Waals surface area contributed by atoms with E-state index in [1.54, 1.807) is 24.3 Å². The fourth-order valence-corrected chi connectivity index (χ4v) is 3.82. The number of aryl methyl sites for hydroxylation is 1. The van der Waals surface area contributed by atoms with Gasteiger partial charge in [-0.3, -0.25) is 0 Å². The van der Waals surface area contributed by atoms with Crippen molar-refractivity contribution in [2.24, 2.45) is 4.40 Å². The predicted octanol–water partition coefficient (Wildman–Crippen LogP) is 4.76. The van der Waals surface area contributed by atoms with Crippen molar-refractivity contribution in [3.63, 3.8) is 0 Å². The first-order chi connectivity index (χ1) is 13.5. The van der Waals surface area contributed by atoms with Crippen LogP contribution in [0.3, 0.4) is 0 Å². The summed E-state index contributed by atoms with van der Waals surface area (Å²) in [5.41, 5.74) is 3.76. The molecule has 28 heavy (non-hydrogen) atoms. The lowest BCUT2D eigenvalue weighted by atomic mass is 10.00. The van der Waals surface area contributed by atoms with Crippen LogP contribution in [0.1, 0.15) is 29.2 Å². The van der Waals surface area contributed by atoms with Crippen LogP contribution < -0.4 is 0 Å². The largest absolute Gasteiger partial charge is 0.477 e. The van der Waals surface area contributed by atoms with Gasteiger partial charge in [-0.05, 0) is 49.6 Å². The molecule has 0 spiro atoms. The summed E-state index contributed by atoms with van der Waals surface area (Å²) in [5, 5.41) is 0. The lowest BCUT2D eigenvalue weighted by molar-refractivity contribution is 0.329. The molecule has 0 aromatic heterocycles. The van der Waals surface area contributed by atoms with E-state index in [1.807, 2.05) is 68.4 Å². The van der Waals surface area contributed by atoms with Gasteiger partial charge < -0.3 is 4.74 Å². The molecule has 3 aromatic carbocycles. The van der Waals surface area contributed by atoms with Crippen LogP contribution in [0.4, 0.5) is 0 Å². The first-order valence-corrected chi connectivity index (χ1v) is 10.6. The summed E-state index contributed by atoms with van der Waals surface area (Å²) in [5.74, 6) is 0.120. The zero-order chi connectivity index (χ0) is 20.0. The van der Waals surface area contributed by atoms with Crippen molar-refractivity contribution >= 4 is 15.9 Å². The van der Waals surface area contributed by atoms with Crippen molar-refractivity contribution in [2.45, 2.75) is 25.2 Å². The average molecular weight is 394 g/mol. The van der Waals surface area contributed by atoms with Crippen LogP contribution in [0.5, 0.6) is 0 Å². The number of ether oxygens (including phenoxy) is 1. The zero-order valence-electron chi connectivity index (χ0n) is 16.0. The topological polar surface area (TPSA) is 55.7 Å². The molecule has 144 valence electrons. The number of hydrogen-bond donors (Lipinski definition) is 0. The van der Waals surface area contributed by atoms with Crippen molar-refractivity contribution in [1.82, 2.24) is 0 Å². The van der Waals surface area contributed by atoms with Gasteiger partial charge in [-0.1, -0.05) is 66.2 Å². The molecule has 0 unspecified atom stereocenters. The summed E-state index contributed by atoms with van der Waals surface area (Å²) in [6.07, 6.45) is 0.660. The molecule has 0 saturated heterocycles. The third kappa shape index (κ3) is 4.87. The van der Waals surface area contributed by atoms with E-state index in [-0.39, 0.29) is 10.8 Å². The van der Waals surface area contributed by atoms with E-state index < -0.39 is 10.0 Å². The smallest absolute Gasteiger partial charge is 0.285 e. The molecule has 0 fully saturated rings. The Morgan fingerprint density at radius 1 is 0.893 bits per heavy atom. The minimum absolute atomic E-state index is 0.120. The molecular weight excluding hydrogens is 370 g/mol. The maximum atomic E-state index is 12.8. The number of hydrogen-bond acceptors (Lipinski definition) is 3. The molecule has 0 saturated carbocycles. The van der Waals surface area contributed by atoms with E-state index >= 15 is 0 Å². The summed E-state index contributed by atoms with van der Waals surface area (Å²) in [4.78, 5) is 0.149. The van der Waals surface area contributed by atoms with Gasteiger partial charge in [0.05, 0.1) is 11.5 Å². The highest BCUT2D eigenvalue weighted by atomic mass is 32.2. The number of nitrogens with zero attached hydrogens (tertiary/aromatic N) is 1. The molecular formula is C23H23NO3S. The van der Waals surface area contributed by atoms with Crippen molar-refractivity contribution < 1.29 is 13.2 Å².